The van der Waals surface area contributed by atoms with Gasteiger partial charge in [0.1, 0.15) is 11.6 Å². The lowest BCUT2D eigenvalue weighted by Crippen LogP contribution is -2.05. The van der Waals surface area contributed by atoms with E-state index in [1.54, 1.807) is 11.8 Å². The number of hydrogen-bond acceptors (Lipinski definition) is 4. The standard InChI is InChI=1S/C19H21N3OS/c1-14-8-4-6-10-17(14)22-16(3)20-21-19(22)24-13-12-23-18-11-7-5-9-15(18)2/h4-11H,12-13H2,1-3H3. The molecule has 0 aliphatic heterocycles. The molecule has 0 aliphatic rings. The Morgan fingerprint density at radius 2 is 1.62 bits per heavy atom. The SMILES string of the molecule is Cc1ccccc1OCCSc1nnc(C)n1-c1ccccc1C. The summed E-state index contributed by atoms with van der Waals surface area (Å²) in [6.07, 6.45) is 0. The van der Waals surface area contributed by atoms with E-state index in [0.717, 1.165) is 33.7 Å². The van der Waals surface area contributed by atoms with Gasteiger partial charge in [-0.2, -0.15) is 0 Å². The maximum atomic E-state index is 5.86. The molecular formula is C19H21N3OS. The van der Waals surface area contributed by atoms with Crippen molar-refractivity contribution in [3.8, 4) is 11.4 Å². The van der Waals surface area contributed by atoms with Crippen LogP contribution in [0.15, 0.2) is 53.7 Å². The fourth-order valence-corrected chi connectivity index (χ4v) is 3.34. The number of aryl methyl sites for hydroxylation is 3. The third-order valence-electron chi connectivity index (χ3n) is 3.82. The Morgan fingerprint density at radius 1 is 0.917 bits per heavy atom. The highest BCUT2D eigenvalue weighted by molar-refractivity contribution is 7.99. The summed E-state index contributed by atoms with van der Waals surface area (Å²) in [5.41, 5.74) is 3.49. The number of ether oxygens (including phenoxy) is 1. The maximum absolute atomic E-state index is 5.86. The van der Waals surface area contributed by atoms with E-state index < -0.39 is 0 Å². The summed E-state index contributed by atoms with van der Waals surface area (Å²) in [7, 11) is 0. The van der Waals surface area contributed by atoms with Gasteiger partial charge in [0, 0.05) is 5.75 Å². The average molecular weight is 339 g/mol. The Morgan fingerprint density at radius 3 is 2.38 bits per heavy atom. The van der Waals surface area contributed by atoms with Crippen LogP contribution >= 0.6 is 11.8 Å². The van der Waals surface area contributed by atoms with Crippen LogP contribution in [0.25, 0.3) is 5.69 Å². The molecule has 0 saturated carbocycles. The first kappa shape index (κ1) is 16.6. The third-order valence-corrected chi connectivity index (χ3v) is 4.71. The van der Waals surface area contributed by atoms with Crippen LogP contribution in [0.5, 0.6) is 5.75 Å². The Kier molecular flexibility index (Phi) is 5.20. The zero-order chi connectivity index (χ0) is 16.9. The van der Waals surface area contributed by atoms with Crippen LogP contribution in [0, 0.1) is 20.8 Å². The summed E-state index contributed by atoms with van der Waals surface area (Å²) in [5, 5.41) is 9.45. The minimum Gasteiger partial charge on any atom is -0.492 e. The monoisotopic (exact) mass is 339 g/mol. The van der Waals surface area contributed by atoms with Gasteiger partial charge in [-0.05, 0) is 44.0 Å². The first-order valence-corrected chi connectivity index (χ1v) is 8.94. The largest absolute Gasteiger partial charge is 0.492 e. The summed E-state index contributed by atoms with van der Waals surface area (Å²) in [4.78, 5) is 0. The van der Waals surface area contributed by atoms with Gasteiger partial charge in [0.25, 0.3) is 0 Å². The zero-order valence-corrected chi connectivity index (χ0v) is 15.0. The van der Waals surface area contributed by atoms with E-state index in [-0.39, 0.29) is 0 Å². The number of hydrogen-bond donors (Lipinski definition) is 0. The van der Waals surface area contributed by atoms with Crippen molar-refractivity contribution in [1.29, 1.82) is 0 Å². The van der Waals surface area contributed by atoms with Gasteiger partial charge < -0.3 is 4.74 Å². The summed E-state index contributed by atoms with van der Waals surface area (Å²) >= 11 is 1.66. The molecule has 2 aromatic carbocycles. The van der Waals surface area contributed by atoms with E-state index in [4.69, 9.17) is 4.74 Å². The third kappa shape index (κ3) is 3.62. The molecule has 0 bridgehead atoms. The lowest BCUT2D eigenvalue weighted by atomic mass is 10.2. The van der Waals surface area contributed by atoms with E-state index >= 15 is 0 Å². The Balaban J connectivity index is 1.67. The highest BCUT2D eigenvalue weighted by atomic mass is 32.2. The van der Waals surface area contributed by atoms with Gasteiger partial charge in [-0.25, -0.2) is 0 Å². The van der Waals surface area contributed by atoms with Crippen molar-refractivity contribution in [2.24, 2.45) is 0 Å². The molecule has 3 rings (SSSR count). The number of nitrogens with zero attached hydrogens (tertiary/aromatic N) is 3. The van der Waals surface area contributed by atoms with Crippen LogP contribution in [-0.2, 0) is 0 Å². The molecule has 3 aromatic rings. The molecule has 5 heteroatoms. The first-order valence-electron chi connectivity index (χ1n) is 7.96. The lowest BCUT2D eigenvalue weighted by molar-refractivity contribution is 0.341. The number of benzene rings is 2. The minimum absolute atomic E-state index is 0.634. The van der Waals surface area contributed by atoms with E-state index in [9.17, 15) is 0 Å². The van der Waals surface area contributed by atoms with E-state index in [1.807, 2.05) is 37.3 Å². The highest BCUT2D eigenvalue weighted by Gasteiger charge is 2.12. The molecule has 0 fully saturated rings. The van der Waals surface area contributed by atoms with Gasteiger partial charge in [0.2, 0.25) is 0 Å². The van der Waals surface area contributed by atoms with Crippen LogP contribution in [0.3, 0.4) is 0 Å². The molecule has 1 aromatic heterocycles. The maximum Gasteiger partial charge on any atom is 0.195 e. The van der Waals surface area contributed by atoms with Crippen molar-refractivity contribution in [3.05, 3.63) is 65.5 Å². The van der Waals surface area contributed by atoms with Gasteiger partial charge in [-0.1, -0.05) is 48.2 Å². The lowest BCUT2D eigenvalue weighted by Gasteiger charge is -2.11. The number of rotatable bonds is 6. The molecular weight excluding hydrogens is 318 g/mol. The van der Waals surface area contributed by atoms with Gasteiger partial charge >= 0.3 is 0 Å². The molecule has 0 aliphatic carbocycles. The van der Waals surface area contributed by atoms with Crippen molar-refractivity contribution in [2.75, 3.05) is 12.4 Å². The van der Waals surface area contributed by atoms with Crippen LogP contribution in [0.1, 0.15) is 17.0 Å². The molecule has 124 valence electrons. The topological polar surface area (TPSA) is 39.9 Å². The Bertz CT molecular complexity index is 829. The highest BCUT2D eigenvalue weighted by Crippen LogP contribution is 2.24. The van der Waals surface area contributed by atoms with E-state index in [0.29, 0.717) is 6.61 Å². The second kappa shape index (κ2) is 7.53. The molecule has 4 nitrogen and oxygen atoms in total. The minimum atomic E-state index is 0.634. The predicted octanol–water partition coefficient (Wildman–Crippen LogP) is 4.36. The summed E-state index contributed by atoms with van der Waals surface area (Å²) in [6, 6.07) is 16.3. The van der Waals surface area contributed by atoms with E-state index in [1.165, 1.54) is 5.56 Å². The average Bonchev–Trinajstić information content (AvgIpc) is 2.94. The second-order valence-corrected chi connectivity index (χ2v) is 6.68. The van der Waals surface area contributed by atoms with Crippen LogP contribution in [0.2, 0.25) is 0 Å². The van der Waals surface area contributed by atoms with Gasteiger partial charge in [0.05, 0.1) is 12.3 Å². The number of thioether (sulfide) groups is 1. The van der Waals surface area contributed by atoms with Crippen molar-refractivity contribution >= 4 is 11.8 Å². The Hall–Kier alpha value is -2.27. The second-order valence-electron chi connectivity index (χ2n) is 5.61. The van der Waals surface area contributed by atoms with Crippen LogP contribution < -0.4 is 4.74 Å². The molecule has 0 spiro atoms. The summed E-state index contributed by atoms with van der Waals surface area (Å²) in [6.45, 7) is 6.77. The molecule has 24 heavy (non-hydrogen) atoms. The molecule has 1 heterocycles. The molecule has 0 amide bonds. The summed E-state index contributed by atoms with van der Waals surface area (Å²) < 4.78 is 7.96. The van der Waals surface area contributed by atoms with Crippen molar-refractivity contribution in [1.82, 2.24) is 14.8 Å². The fraction of sp³-hybridized carbons (Fsp3) is 0.263. The van der Waals surface area contributed by atoms with Gasteiger partial charge in [-0.3, -0.25) is 4.57 Å². The predicted molar refractivity (Wildman–Crippen MR) is 98.2 cm³/mol. The van der Waals surface area contributed by atoms with Gasteiger partial charge in [0.15, 0.2) is 5.16 Å². The fourth-order valence-electron chi connectivity index (χ4n) is 2.53. The molecule has 0 N–H and O–H groups in total. The molecule has 0 unspecified atom stereocenters. The molecule has 0 saturated heterocycles. The van der Waals surface area contributed by atoms with Crippen molar-refractivity contribution in [3.63, 3.8) is 0 Å². The zero-order valence-electron chi connectivity index (χ0n) is 14.2. The quantitative estimate of drug-likeness (QED) is 0.494. The Labute approximate surface area is 146 Å². The molecule has 0 atom stereocenters. The van der Waals surface area contributed by atoms with Crippen LogP contribution in [-0.4, -0.2) is 27.1 Å². The van der Waals surface area contributed by atoms with Crippen molar-refractivity contribution in [2.45, 2.75) is 25.9 Å². The van der Waals surface area contributed by atoms with E-state index in [2.05, 4.69) is 46.8 Å². The summed E-state index contributed by atoms with van der Waals surface area (Å²) in [5.74, 6) is 2.65. The van der Waals surface area contributed by atoms with Crippen molar-refractivity contribution < 1.29 is 4.74 Å². The van der Waals surface area contributed by atoms with Gasteiger partial charge in [-0.15, -0.1) is 10.2 Å². The number of aromatic nitrogens is 3. The smallest absolute Gasteiger partial charge is 0.195 e. The normalized spacial score (nSPS) is 10.8. The van der Waals surface area contributed by atoms with Crippen LogP contribution in [0.4, 0.5) is 0 Å². The molecule has 0 radical (unpaired) electrons. The first-order chi connectivity index (χ1) is 11.7. The number of para-hydroxylation sites is 2.